The smallest absolute Gasteiger partial charge is 0.289 e. The van der Waals surface area contributed by atoms with Crippen LogP contribution in [0.1, 0.15) is 0 Å². The maximum atomic E-state index is 12.7. The molecule has 0 amide bonds. The average Bonchev–Trinajstić information content (AvgIpc) is 2.16. The van der Waals surface area contributed by atoms with Gasteiger partial charge in [-0.2, -0.15) is 4.39 Å². The van der Waals surface area contributed by atoms with Crippen molar-refractivity contribution in [1.29, 1.82) is 0 Å². The van der Waals surface area contributed by atoms with Crippen LogP contribution in [-0.4, -0.2) is 17.1 Å². The van der Waals surface area contributed by atoms with Gasteiger partial charge in [0.05, 0.1) is 18.0 Å². The van der Waals surface area contributed by atoms with Gasteiger partial charge in [-0.3, -0.25) is 9.78 Å². The van der Waals surface area contributed by atoms with E-state index in [2.05, 4.69) is 4.98 Å². The van der Waals surface area contributed by atoms with Gasteiger partial charge in [-0.1, -0.05) is 0 Å². The summed E-state index contributed by atoms with van der Waals surface area (Å²) in [7, 11) is 1.49. The summed E-state index contributed by atoms with van der Waals surface area (Å²) >= 11 is 0. The number of halogens is 1. The summed E-state index contributed by atoms with van der Waals surface area (Å²) in [6.07, 6.45) is -0.893. The van der Waals surface area contributed by atoms with Gasteiger partial charge in [-0.15, -0.1) is 0 Å². The molecule has 14 heavy (non-hydrogen) atoms. The summed E-state index contributed by atoms with van der Waals surface area (Å²) in [6, 6.07) is 4.67. The molecule has 0 aliphatic carbocycles. The topological polar surface area (TPSA) is 55.0 Å². The predicted molar refractivity (Wildman–Crippen MR) is 48.9 cm³/mol. The third-order valence-corrected chi connectivity index (χ3v) is 1.88. The standard InChI is InChI=1S/C9H7FN2O2/c1-14-5-2-3-6-7(4-5)11-9(10)12-8(6)13/h2-4H,1H3,(H,11,12,13). The second kappa shape index (κ2) is 3.10. The predicted octanol–water partition coefficient (Wildman–Crippen LogP) is 1.07. The first-order valence-corrected chi connectivity index (χ1v) is 3.94. The Labute approximate surface area is 78.4 Å². The Morgan fingerprint density at radius 1 is 1.50 bits per heavy atom. The van der Waals surface area contributed by atoms with Crippen LogP contribution in [-0.2, 0) is 0 Å². The SMILES string of the molecule is COc1ccc2c(=O)[nH]c(F)nc2c1. The zero-order valence-corrected chi connectivity index (χ0v) is 7.37. The maximum absolute atomic E-state index is 12.7. The second-order valence-electron chi connectivity index (χ2n) is 2.74. The van der Waals surface area contributed by atoms with Crippen molar-refractivity contribution in [2.75, 3.05) is 7.11 Å². The molecule has 0 aliphatic rings. The lowest BCUT2D eigenvalue weighted by atomic mass is 10.2. The number of hydrogen-bond donors (Lipinski definition) is 1. The van der Waals surface area contributed by atoms with Crippen molar-refractivity contribution in [2.24, 2.45) is 0 Å². The van der Waals surface area contributed by atoms with Gasteiger partial charge in [0.25, 0.3) is 11.6 Å². The number of ether oxygens (including phenoxy) is 1. The number of methoxy groups -OCH3 is 1. The Kier molecular flexibility index (Phi) is 1.92. The van der Waals surface area contributed by atoms with Crippen LogP contribution in [0.5, 0.6) is 5.75 Å². The van der Waals surface area contributed by atoms with Gasteiger partial charge in [0.1, 0.15) is 5.75 Å². The number of benzene rings is 1. The van der Waals surface area contributed by atoms with E-state index in [4.69, 9.17) is 4.74 Å². The normalized spacial score (nSPS) is 10.4. The highest BCUT2D eigenvalue weighted by Crippen LogP contribution is 2.15. The lowest BCUT2D eigenvalue weighted by Crippen LogP contribution is -2.10. The lowest BCUT2D eigenvalue weighted by molar-refractivity contribution is 0.415. The Bertz CT molecular complexity index is 536. The van der Waals surface area contributed by atoms with E-state index in [1.165, 1.54) is 13.2 Å². The highest BCUT2D eigenvalue weighted by Gasteiger charge is 2.03. The fourth-order valence-electron chi connectivity index (χ4n) is 1.22. The molecule has 1 aromatic carbocycles. The molecule has 0 saturated heterocycles. The van der Waals surface area contributed by atoms with E-state index in [1.54, 1.807) is 12.1 Å². The zero-order chi connectivity index (χ0) is 10.1. The molecule has 0 spiro atoms. The van der Waals surface area contributed by atoms with E-state index in [0.29, 0.717) is 11.1 Å². The largest absolute Gasteiger partial charge is 0.497 e. The minimum atomic E-state index is -0.893. The van der Waals surface area contributed by atoms with Crippen molar-refractivity contribution >= 4 is 10.9 Å². The molecule has 72 valence electrons. The van der Waals surface area contributed by atoms with E-state index in [-0.39, 0.29) is 5.52 Å². The van der Waals surface area contributed by atoms with E-state index >= 15 is 0 Å². The monoisotopic (exact) mass is 194 g/mol. The average molecular weight is 194 g/mol. The summed E-state index contributed by atoms with van der Waals surface area (Å²) in [4.78, 5) is 16.7. The first kappa shape index (κ1) is 8.68. The minimum absolute atomic E-state index is 0.283. The molecular formula is C9H7FN2O2. The molecule has 0 unspecified atom stereocenters. The zero-order valence-electron chi connectivity index (χ0n) is 7.37. The van der Waals surface area contributed by atoms with Crippen molar-refractivity contribution in [1.82, 2.24) is 9.97 Å². The first-order valence-electron chi connectivity index (χ1n) is 3.94. The summed E-state index contributed by atoms with van der Waals surface area (Å²) < 4.78 is 17.7. The van der Waals surface area contributed by atoms with Crippen LogP contribution in [0.15, 0.2) is 23.0 Å². The van der Waals surface area contributed by atoms with Crippen molar-refractivity contribution in [3.05, 3.63) is 34.6 Å². The number of aromatic amines is 1. The number of hydrogen-bond acceptors (Lipinski definition) is 3. The van der Waals surface area contributed by atoms with Crippen molar-refractivity contribution in [3.8, 4) is 5.75 Å². The van der Waals surface area contributed by atoms with E-state index in [0.717, 1.165) is 0 Å². The molecular weight excluding hydrogens is 187 g/mol. The maximum Gasteiger partial charge on any atom is 0.289 e. The molecule has 0 atom stereocenters. The third-order valence-electron chi connectivity index (χ3n) is 1.88. The Balaban J connectivity index is 2.82. The molecule has 2 aromatic rings. The van der Waals surface area contributed by atoms with Gasteiger partial charge in [-0.25, -0.2) is 4.98 Å². The third kappa shape index (κ3) is 1.32. The summed E-state index contributed by atoms with van der Waals surface area (Å²) in [5.74, 6) is 0.537. The molecule has 0 saturated carbocycles. The number of rotatable bonds is 1. The van der Waals surface area contributed by atoms with Gasteiger partial charge in [0.2, 0.25) is 0 Å². The Morgan fingerprint density at radius 2 is 2.29 bits per heavy atom. The molecule has 0 radical (unpaired) electrons. The molecule has 0 bridgehead atoms. The van der Waals surface area contributed by atoms with Crippen LogP contribution in [0.25, 0.3) is 10.9 Å². The highest BCUT2D eigenvalue weighted by atomic mass is 19.1. The van der Waals surface area contributed by atoms with Gasteiger partial charge in [0.15, 0.2) is 0 Å². The fourth-order valence-corrected chi connectivity index (χ4v) is 1.22. The van der Waals surface area contributed by atoms with Gasteiger partial charge >= 0.3 is 0 Å². The van der Waals surface area contributed by atoms with Crippen LogP contribution in [0.3, 0.4) is 0 Å². The summed E-state index contributed by atoms with van der Waals surface area (Å²) in [5.41, 5.74) is -0.208. The summed E-state index contributed by atoms with van der Waals surface area (Å²) in [6.45, 7) is 0. The number of nitrogens with zero attached hydrogens (tertiary/aromatic N) is 1. The number of nitrogens with one attached hydrogen (secondary N) is 1. The van der Waals surface area contributed by atoms with Crippen LogP contribution >= 0.6 is 0 Å². The van der Waals surface area contributed by atoms with Crippen molar-refractivity contribution in [3.63, 3.8) is 0 Å². The molecule has 5 heteroatoms. The second-order valence-corrected chi connectivity index (χ2v) is 2.74. The Hall–Kier alpha value is -1.91. The molecule has 4 nitrogen and oxygen atoms in total. The Morgan fingerprint density at radius 3 is 3.00 bits per heavy atom. The van der Waals surface area contributed by atoms with Crippen LogP contribution in [0, 0.1) is 6.08 Å². The van der Waals surface area contributed by atoms with Crippen molar-refractivity contribution < 1.29 is 9.13 Å². The molecule has 0 aliphatic heterocycles. The number of H-pyrrole nitrogens is 1. The first-order chi connectivity index (χ1) is 6.70. The highest BCUT2D eigenvalue weighted by molar-refractivity contribution is 5.78. The summed E-state index contributed by atoms with van der Waals surface area (Å²) in [5, 5.41) is 0.340. The van der Waals surface area contributed by atoms with E-state index in [1.807, 2.05) is 4.98 Å². The molecule has 1 aromatic heterocycles. The molecule has 0 fully saturated rings. The molecule has 2 rings (SSSR count). The minimum Gasteiger partial charge on any atom is -0.497 e. The number of aromatic nitrogens is 2. The van der Waals surface area contributed by atoms with Crippen molar-refractivity contribution in [2.45, 2.75) is 0 Å². The van der Waals surface area contributed by atoms with E-state index in [9.17, 15) is 9.18 Å². The van der Waals surface area contributed by atoms with Gasteiger partial charge in [-0.05, 0) is 12.1 Å². The van der Waals surface area contributed by atoms with Crippen LogP contribution < -0.4 is 10.3 Å². The molecule has 1 heterocycles. The van der Waals surface area contributed by atoms with E-state index < -0.39 is 11.6 Å². The quantitative estimate of drug-likeness (QED) is 0.691. The molecule has 1 N–H and O–H groups in total. The van der Waals surface area contributed by atoms with Crippen LogP contribution in [0.4, 0.5) is 4.39 Å². The fraction of sp³-hybridized carbons (Fsp3) is 0.111. The van der Waals surface area contributed by atoms with Gasteiger partial charge in [0, 0.05) is 6.07 Å². The van der Waals surface area contributed by atoms with Gasteiger partial charge < -0.3 is 4.74 Å². The lowest BCUT2D eigenvalue weighted by Gasteiger charge is -2.00. The number of fused-ring (bicyclic) bond motifs is 1. The van der Waals surface area contributed by atoms with Crippen LogP contribution in [0.2, 0.25) is 0 Å².